The van der Waals surface area contributed by atoms with E-state index in [-0.39, 0.29) is 0 Å². The fourth-order valence-electron chi connectivity index (χ4n) is 2.87. The highest BCUT2D eigenvalue weighted by molar-refractivity contribution is 7.86. The van der Waals surface area contributed by atoms with Crippen LogP contribution in [0, 0.1) is 13.8 Å². The molecule has 3 heterocycles. The zero-order valence-corrected chi connectivity index (χ0v) is 15.7. The summed E-state index contributed by atoms with van der Waals surface area (Å²) in [6.07, 6.45) is 1.52. The van der Waals surface area contributed by atoms with Crippen molar-refractivity contribution in [3.63, 3.8) is 0 Å². The lowest BCUT2D eigenvalue weighted by atomic mass is 10.3. The summed E-state index contributed by atoms with van der Waals surface area (Å²) in [7, 11) is -0.270. The maximum Gasteiger partial charge on any atom is 0.281 e. The van der Waals surface area contributed by atoms with Gasteiger partial charge in [0.05, 0.1) is 5.69 Å². The summed E-state index contributed by atoms with van der Waals surface area (Å²) in [6.45, 7) is 5.95. The lowest BCUT2D eigenvalue weighted by Gasteiger charge is -2.35. The minimum atomic E-state index is -3.37. The number of hydrogen-bond acceptors (Lipinski definition) is 6. The quantitative estimate of drug-likeness (QED) is 0.770. The Bertz CT molecular complexity index is 855. The highest BCUT2D eigenvalue weighted by atomic mass is 32.2. The monoisotopic (exact) mass is 365 g/mol. The summed E-state index contributed by atoms with van der Waals surface area (Å²) in [5.74, 6) is 1.48. The minimum Gasteiger partial charge on any atom is -0.354 e. The Kier molecular flexibility index (Phi) is 4.76. The molecule has 1 saturated heterocycles. The van der Waals surface area contributed by atoms with Gasteiger partial charge in [-0.1, -0.05) is 0 Å². The molecule has 0 saturated carbocycles. The number of nitrogens with zero attached hydrogens (tertiary/aromatic N) is 7. The molecule has 3 rings (SSSR count). The number of hydrogen-bond donors (Lipinski definition) is 0. The van der Waals surface area contributed by atoms with Gasteiger partial charge in [-0.3, -0.25) is 0 Å². The van der Waals surface area contributed by atoms with Gasteiger partial charge in [0.15, 0.2) is 5.82 Å². The molecule has 1 aliphatic heterocycles. The molecule has 10 heteroatoms. The zero-order chi connectivity index (χ0) is 18.2. The highest BCUT2D eigenvalue weighted by Gasteiger charge is 2.29. The van der Waals surface area contributed by atoms with Gasteiger partial charge in [0.2, 0.25) is 0 Å². The van der Waals surface area contributed by atoms with Crippen LogP contribution in [0.2, 0.25) is 0 Å². The molecule has 0 unspecified atom stereocenters. The first-order chi connectivity index (χ1) is 11.8. The first-order valence-electron chi connectivity index (χ1n) is 8.07. The second kappa shape index (κ2) is 6.70. The van der Waals surface area contributed by atoms with E-state index in [0.29, 0.717) is 32.0 Å². The number of aromatic nitrogens is 4. The van der Waals surface area contributed by atoms with Gasteiger partial charge >= 0.3 is 0 Å². The Morgan fingerprint density at radius 3 is 2.20 bits per heavy atom. The minimum absolute atomic E-state index is 0.430. The van der Waals surface area contributed by atoms with Crippen LogP contribution >= 0.6 is 0 Å². The van der Waals surface area contributed by atoms with E-state index in [1.165, 1.54) is 14.9 Å². The van der Waals surface area contributed by atoms with E-state index in [2.05, 4.69) is 20.0 Å². The average molecular weight is 365 g/mol. The molecular weight excluding hydrogens is 342 g/mol. The number of piperazine rings is 1. The molecule has 136 valence electrons. The second-order valence-electron chi connectivity index (χ2n) is 6.25. The van der Waals surface area contributed by atoms with Crippen LogP contribution in [0.3, 0.4) is 0 Å². The van der Waals surface area contributed by atoms with Crippen molar-refractivity contribution in [3.05, 3.63) is 29.8 Å². The zero-order valence-electron chi connectivity index (χ0n) is 14.9. The lowest BCUT2D eigenvalue weighted by molar-refractivity contribution is 0.355. The van der Waals surface area contributed by atoms with Crippen molar-refractivity contribution in [1.29, 1.82) is 0 Å². The number of rotatable bonds is 4. The summed E-state index contributed by atoms with van der Waals surface area (Å²) in [5.41, 5.74) is 1.93. The Morgan fingerprint density at radius 1 is 1.00 bits per heavy atom. The maximum absolute atomic E-state index is 12.2. The molecule has 0 aromatic carbocycles. The molecule has 0 bridgehead atoms. The highest BCUT2D eigenvalue weighted by Crippen LogP contribution is 2.18. The predicted molar refractivity (Wildman–Crippen MR) is 95.0 cm³/mol. The molecule has 2 aromatic rings. The van der Waals surface area contributed by atoms with E-state index in [4.69, 9.17) is 0 Å². The molecule has 0 atom stereocenters. The van der Waals surface area contributed by atoms with Crippen LogP contribution in [0.25, 0.3) is 5.82 Å². The maximum atomic E-state index is 12.2. The lowest BCUT2D eigenvalue weighted by Crippen LogP contribution is -2.51. The van der Waals surface area contributed by atoms with Crippen molar-refractivity contribution < 1.29 is 8.42 Å². The van der Waals surface area contributed by atoms with E-state index in [1.807, 2.05) is 26.0 Å². The van der Waals surface area contributed by atoms with Crippen molar-refractivity contribution in [2.24, 2.45) is 0 Å². The van der Waals surface area contributed by atoms with E-state index < -0.39 is 10.2 Å². The van der Waals surface area contributed by atoms with Crippen LogP contribution in [0.5, 0.6) is 0 Å². The standard InChI is InChI=1S/C15H23N7O2S/c1-12-9-13(2)22(18-12)15-10-14(16-11-17-15)20-5-7-21(8-6-20)25(23,24)19(3)4/h9-11H,5-8H2,1-4H3. The van der Waals surface area contributed by atoms with Crippen LogP contribution in [0.15, 0.2) is 18.5 Å². The Labute approximate surface area is 148 Å². The fraction of sp³-hybridized carbons (Fsp3) is 0.533. The fourth-order valence-corrected chi connectivity index (χ4v) is 3.95. The molecule has 25 heavy (non-hydrogen) atoms. The molecule has 0 aliphatic carbocycles. The van der Waals surface area contributed by atoms with Gasteiger partial charge in [-0.15, -0.1) is 0 Å². The normalized spacial score (nSPS) is 16.6. The third-order valence-corrected chi connectivity index (χ3v) is 6.16. The van der Waals surface area contributed by atoms with E-state index >= 15 is 0 Å². The van der Waals surface area contributed by atoms with Gasteiger partial charge in [-0.05, 0) is 19.9 Å². The summed E-state index contributed by atoms with van der Waals surface area (Å²) in [5, 5.41) is 4.45. The molecule has 0 N–H and O–H groups in total. The molecule has 0 spiro atoms. The SMILES string of the molecule is Cc1cc(C)n(-c2cc(N3CCN(S(=O)(=O)N(C)C)CC3)ncn2)n1. The van der Waals surface area contributed by atoms with E-state index in [1.54, 1.807) is 18.8 Å². The first kappa shape index (κ1) is 17.8. The van der Waals surface area contributed by atoms with Crippen molar-refractivity contribution in [3.8, 4) is 5.82 Å². The molecule has 0 amide bonds. The molecule has 1 aliphatic rings. The first-order valence-corrected chi connectivity index (χ1v) is 9.47. The van der Waals surface area contributed by atoms with Crippen LogP contribution in [-0.4, -0.2) is 77.1 Å². The largest absolute Gasteiger partial charge is 0.354 e. The molecule has 1 fully saturated rings. The smallest absolute Gasteiger partial charge is 0.281 e. The Hall–Kier alpha value is -2.04. The molecular formula is C15H23N7O2S. The summed E-state index contributed by atoms with van der Waals surface area (Å²) in [6, 6.07) is 3.88. The topological polar surface area (TPSA) is 87.5 Å². The van der Waals surface area contributed by atoms with Crippen LogP contribution in [0.4, 0.5) is 5.82 Å². The van der Waals surface area contributed by atoms with E-state index in [0.717, 1.165) is 17.2 Å². The Morgan fingerprint density at radius 2 is 1.64 bits per heavy atom. The van der Waals surface area contributed by atoms with Gasteiger partial charge in [-0.25, -0.2) is 14.6 Å². The molecule has 2 aromatic heterocycles. The van der Waals surface area contributed by atoms with Gasteiger partial charge in [0.25, 0.3) is 10.2 Å². The molecule has 9 nitrogen and oxygen atoms in total. The van der Waals surface area contributed by atoms with Crippen LogP contribution < -0.4 is 4.90 Å². The van der Waals surface area contributed by atoms with Crippen molar-refractivity contribution in [1.82, 2.24) is 28.4 Å². The summed E-state index contributed by atoms with van der Waals surface area (Å²) >= 11 is 0. The van der Waals surface area contributed by atoms with Gasteiger partial charge in [-0.2, -0.15) is 22.1 Å². The summed E-state index contributed by atoms with van der Waals surface area (Å²) < 4.78 is 28.9. The number of aryl methyl sites for hydroxylation is 2. The average Bonchev–Trinajstić information content (AvgIpc) is 2.93. The number of anilines is 1. The second-order valence-corrected chi connectivity index (χ2v) is 8.39. The van der Waals surface area contributed by atoms with Crippen molar-refractivity contribution in [2.45, 2.75) is 13.8 Å². The van der Waals surface area contributed by atoms with Crippen LogP contribution in [0.1, 0.15) is 11.4 Å². The predicted octanol–water partition coefficient (Wildman–Crippen LogP) is 0.208. The Balaban J connectivity index is 1.77. The van der Waals surface area contributed by atoms with Crippen molar-refractivity contribution in [2.75, 3.05) is 45.2 Å². The summed E-state index contributed by atoms with van der Waals surface area (Å²) in [4.78, 5) is 10.7. The van der Waals surface area contributed by atoms with Crippen molar-refractivity contribution >= 4 is 16.0 Å². The van der Waals surface area contributed by atoms with Gasteiger partial charge in [0, 0.05) is 52.0 Å². The third-order valence-electron chi connectivity index (χ3n) is 4.22. The van der Waals surface area contributed by atoms with Crippen LogP contribution in [-0.2, 0) is 10.2 Å². The molecule has 0 radical (unpaired) electrons. The van der Waals surface area contributed by atoms with Gasteiger partial charge < -0.3 is 4.90 Å². The van der Waals surface area contributed by atoms with E-state index in [9.17, 15) is 8.42 Å². The third kappa shape index (κ3) is 3.51. The van der Waals surface area contributed by atoms with Gasteiger partial charge in [0.1, 0.15) is 12.1 Å².